The fraction of sp³-hybridized carbons (Fsp3) is 0.750. The first-order chi connectivity index (χ1) is 4.48. The van der Waals surface area contributed by atoms with Gasteiger partial charge >= 0.3 is 0 Å². The minimum atomic E-state index is 0.130. The quantitative estimate of drug-likeness (QED) is 0.428. The van der Waals surface area contributed by atoms with Crippen molar-refractivity contribution in [3.05, 3.63) is 6.92 Å². The van der Waals surface area contributed by atoms with Crippen LogP contribution in [0.4, 0.5) is 0 Å². The van der Waals surface area contributed by atoms with Gasteiger partial charge in [0.05, 0.1) is 0 Å². The van der Waals surface area contributed by atoms with Crippen LogP contribution in [0.1, 0.15) is 27.7 Å². The molecular weight excluding hydrogens is 126 g/mol. The first-order valence-corrected chi connectivity index (χ1v) is 3.45. The standard InChI is InChI=1S/C8H16NO/c1-6-9-10-7(2)8(3,4)5/h6-7H,1H2,2-5H3. The second kappa shape index (κ2) is 3.59. The molecule has 0 aromatic heterocycles. The van der Waals surface area contributed by atoms with Gasteiger partial charge in [-0.1, -0.05) is 25.9 Å². The van der Waals surface area contributed by atoms with E-state index >= 15 is 0 Å². The number of rotatable bonds is 2. The molecular formula is C8H16NO. The molecule has 0 aromatic carbocycles. The predicted octanol–water partition coefficient (Wildman–Crippen LogP) is 2.26. The van der Waals surface area contributed by atoms with Crippen molar-refractivity contribution in [1.29, 1.82) is 0 Å². The molecule has 0 bridgehead atoms. The molecule has 10 heavy (non-hydrogen) atoms. The van der Waals surface area contributed by atoms with Gasteiger partial charge < -0.3 is 4.84 Å². The van der Waals surface area contributed by atoms with Gasteiger partial charge in [0, 0.05) is 11.6 Å². The zero-order chi connectivity index (χ0) is 8.20. The Hall–Kier alpha value is -0.530. The third-order valence-electron chi connectivity index (χ3n) is 1.51. The molecule has 0 rings (SSSR count). The summed E-state index contributed by atoms with van der Waals surface area (Å²) in [4.78, 5) is 5.06. The van der Waals surface area contributed by atoms with Gasteiger partial charge in [-0.3, -0.25) is 0 Å². The summed E-state index contributed by atoms with van der Waals surface area (Å²) in [5.41, 5.74) is 0.145. The van der Waals surface area contributed by atoms with E-state index in [9.17, 15) is 0 Å². The molecule has 1 radical (unpaired) electrons. The molecule has 2 heteroatoms. The van der Waals surface area contributed by atoms with E-state index in [4.69, 9.17) is 4.84 Å². The summed E-state index contributed by atoms with van der Waals surface area (Å²) < 4.78 is 0. The lowest BCUT2D eigenvalue weighted by atomic mass is 9.90. The highest BCUT2D eigenvalue weighted by molar-refractivity contribution is 5.60. The Morgan fingerprint density at radius 2 is 2.00 bits per heavy atom. The second-order valence-electron chi connectivity index (χ2n) is 3.40. The molecule has 0 aliphatic heterocycles. The van der Waals surface area contributed by atoms with E-state index in [0.29, 0.717) is 0 Å². The maximum absolute atomic E-state index is 5.06. The third kappa shape index (κ3) is 3.49. The van der Waals surface area contributed by atoms with Crippen molar-refractivity contribution in [1.82, 2.24) is 0 Å². The van der Waals surface area contributed by atoms with Crippen LogP contribution in [-0.4, -0.2) is 12.3 Å². The zero-order valence-corrected chi connectivity index (χ0v) is 7.22. The highest BCUT2D eigenvalue weighted by Crippen LogP contribution is 2.21. The third-order valence-corrected chi connectivity index (χ3v) is 1.51. The van der Waals surface area contributed by atoms with Gasteiger partial charge in [-0.25, -0.2) is 0 Å². The molecule has 1 unspecified atom stereocenters. The van der Waals surface area contributed by atoms with Crippen molar-refractivity contribution in [2.24, 2.45) is 10.6 Å². The fourth-order valence-electron chi connectivity index (χ4n) is 0.292. The number of hydrogen-bond acceptors (Lipinski definition) is 2. The number of nitrogens with zero attached hydrogens (tertiary/aromatic N) is 1. The highest BCUT2D eigenvalue weighted by atomic mass is 16.6. The second-order valence-corrected chi connectivity index (χ2v) is 3.40. The van der Waals surface area contributed by atoms with E-state index in [1.54, 1.807) is 0 Å². The predicted molar refractivity (Wildman–Crippen MR) is 43.9 cm³/mol. The summed E-state index contributed by atoms with van der Waals surface area (Å²) in [6.07, 6.45) is 1.54. The summed E-state index contributed by atoms with van der Waals surface area (Å²) in [5.74, 6) is 0. The minimum Gasteiger partial charge on any atom is -0.393 e. The largest absolute Gasteiger partial charge is 0.393 e. The van der Waals surface area contributed by atoms with Gasteiger partial charge in [0.15, 0.2) is 0 Å². The van der Waals surface area contributed by atoms with Crippen molar-refractivity contribution >= 4 is 6.21 Å². The van der Waals surface area contributed by atoms with Crippen LogP contribution in [-0.2, 0) is 4.84 Å². The summed E-state index contributed by atoms with van der Waals surface area (Å²) >= 11 is 0. The summed E-state index contributed by atoms with van der Waals surface area (Å²) in [6.45, 7) is 11.7. The number of oxime groups is 1. The summed E-state index contributed by atoms with van der Waals surface area (Å²) in [5, 5.41) is 3.60. The van der Waals surface area contributed by atoms with E-state index in [-0.39, 0.29) is 11.5 Å². The molecule has 0 amide bonds. The van der Waals surface area contributed by atoms with Gasteiger partial charge in [-0.15, -0.1) is 0 Å². The molecule has 0 N–H and O–H groups in total. The van der Waals surface area contributed by atoms with Crippen LogP contribution in [0.15, 0.2) is 5.16 Å². The van der Waals surface area contributed by atoms with Crippen molar-refractivity contribution in [2.75, 3.05) is 0 Å². The SMILES string of the molecule is [CH2]C=NOC(C)C(C)(C)C. The van der Waals surface area contributed by atoms with Crippen molar-refractivity contribution in [3.63, 3.8) is 0 Å². The average molecular weight is 142 g/mol. The monoisotopic (exact) mass is 142 g/mol. The van der Waals surface area contributed by atoms with Crippen molar-refractivity contribution < 1.29 is 4.84 Å². The smallest absolute Gasteiger partial charge is 0.129 e. The van der Waals surface area contributed by atoms with Crippen LogP contribution in [0.25, 0.3) is 0 Å². The minimum absolute atomic E-state index is 0.130. The molecule has 0 heterocycles. The molecule has 0 saturated heterocycles. The lowest BCUT2D eigenvalue weighted by Crippen LogP contribution is -2.24. The topological polar surface area (TPSA) is 21.6 Å². The van der Waals surface area contributed by atoms with Gasteiger partial charge in [-0.05, 0) is 13.8 Å². The van der Waals surface area contributed by atoms with E-state index in [1.807, 2.05) is 6.92 Å². The Bertz CT molecular complexity index is 113. The first-order valence-electron chi connectivity index (χ1n) is 3.45. The van der Waals surface area contributed by atoms with Gasteiger partial charge in [0.2, 0.25) is 0 Å². The molecule has 1 atom stereocenters. The Balaban J connectivity index is 3.73. The molecule has 0 fully saturated rings. The normalized spacial score (nSPS) is 15.7. The molecule has 2 nitrogen and oxygen atoms in total. The maximum atomic E-state index is 5.06. The molecule has 0 aliphatic carbocycles. The lowest BCUT2D eigenvalue weighted by Gasteiger charge is -2.24. The van der Waals surface area contributed by atoms with Crippen molar-refractivity contribution in [3.8, 4) is 0 Å². The van der Waals surface area contributed by atoms with Crippen LogP contribution >= 0.6 is 0 Å². The van der Waals surface area contributed by atoms with E-state index in [1.165, 1.54) is 6.21 Å². The molecule has 0 saturated carbocycles. The highest BCUT2D eigenvalue weighted by Gasteiger charge is 2.21. The van der Waals surface area contributed by atoms with Crippen LogP contribution in [0.5, 0.6) is 0 Å². The van der Waals surface area contributed by atoms with E-state index < -0.39 is 0 Å². The first kappa shape index (κ1) is 9.47. The lowest BCUT2D eigenvalue weighted by molar-refractivity contribution is -0.000558. The fourth-order valence-corrected chi connectivity index (χ4v) is 0.292. The van der Waals surface area contributed by atoms with Crippen molar-refractivity contribution in [2.45, 2.75) is 33.8 Å². The number of hydrogen-bond donors (Lipinski definition) is 0. The molecule has 59 valence electrons. The maximum Gasteiger partial charge on any atom is 0.129 e. The average Bonchev–Trinajstić information content (AvgIpc) is 1.80. The summed E-state index contributed by atoms with van der Waals surface area (Å²) in [6, 6.07) is 0. The molecule has 0 aliphatic rings. The zero-order valence-electron chi connectivity index (χ0n) is 7.22. The Labute approximate surface area is 63.3 Å². The van der Waals surface area contributed by atoms with E-state index in [2.05, 4.69) is 32.9 Å². The van der Waals surface area contributed by atoms with Crippen LogP contribution < -0.4 is 0 Å². The molecule has 0 spiro atoms. The van der Waals surface area contributed by atoms with E-state index in [0.717, 1.165) is 0 Å². The summed E-state index contributed by atoms with van der Waals surface area (Å²) in [7, 11) is 0. The van der Waals surface area contributed by atoms with Crippen LogP contribution in [0, 0.1) is 12.3 Å². The Morgan fingerprint density at radius 1 is 1.50 bits per heavy atom. The van der Waals surface area contributed by atoms with Gasteiger partial charge in [0.1, 0.15) is 6.10 Å². The Morgan fingerprint density at radius 3 is 2.30 bits per heavy atom. The Kier molecular flexibility index (Phi) is 3.40. The van der Waals surface area contributed by atoms with Gasteiger partial charge in [-0.2, -0.15) is 0 Å². The molecule has 0 aromatic rings. The van der Waals surface area contributed by atoms with Gasteiger partial charge in [0.25, 0.3) is 0 Å². The van der Waals surface area contributed by atoms with Crippen LogP contribution in [0.3, 0.4) is 0 Å². The van der Waals surface area contributed by atoms with Crippen LogP contribution in [0.2, 0.25) is 0 Å².